The third-order valence-corrected chi connectivity index (χ3v) is 4.52. The third kappa shape index (κ3) is 3.79. The van der Waals surface area contributed by atoms with Gasteiger partial charge in [-0.2, -0.15) is 0 Å². The first kappa shape index (κ1) is 15.7. The summed E-state index contributed by atoms with van der Waals surface area (Å²) in [6.07, 6.45) is 3.44. The summed E-state index contributed by atoms with van der Waals surface area (Å²) in [5.74, 6) is 0.0933. The van der Waals surface area contributed by atoms with Crippen molar-refractivity contribution in [2.75, 3.05) is 11.4 Å². The normalized spacial score (nSPS) is 17.5. The fourth-order valence-corrected chi connectivity index (χ4v) is 3.39. The lowest BCUT2D eigenvalue weighted by molar-refractivity contribution is -0.117. The van der Waals surface area contributed by atoms with Gasteiger partial charge in [0.1, 0.15) is 11.6 Å². The molecule has 0 bridgehead atoms. The number of benzene rings is 2. The summed E-state index contributed by atoms with van der Waals surface area (Å²) in [6.45, 7) is 2.67. The first-order valence-corrected chi connectivity index (χ1v) is 8.22. The van der Waals surface area contributed by atoms with Crippen molar-refractivity contribution in [2.24, 2.45) is 0 Å². The Labute approximate surface area is 136 Å². The van der Waals surface area contributed by atoms with Crippen molar-refractivity contribution in [1.29, 1.82) is 0 Å². The molecule has 1 fully saturated rings. The largest absolute Gasteiger partial charge is 0.368 e. The quantitative estimate of drug-likeness (QED) is 0.817. The molecule has 120 valence electrons. The maximum absolute atomic E-state index is 13.7. The number of nitrogens with zero attached hydrogens (tertiary/aromatic N) is 1. The third-order valence-electron chi connectivity index (χ3n) is 4.52. The molecule has 1 heterocycles. The van der Waals surface area contributed by atoms with Crippen LogP contribution in [0.25, 0.3) is 0 Å². The molecule has 1 aliphatic rings. The van der Waals surface area contributed by atoms with E-state index >= 15 is 0 Å². The Morgan fingerprint density at radius 3 is 2.61 bits per heavy atom. The van der Waals surface area contributed by atoms with Crippen LogP contribution < -0.4 is 4.90 Å². The van der Waals surface area contributed by atoms with Gasteiger partial charge in [-0.3, -0.25) is 4.79 Å². The van der Waals surface area contributed by atoms with Gasteiger partial charge in [-0.05, 0) is 49.1 Å². The Bertz CT molecular complexity index is 680. The second-order valence-electron chi connectivity index (χ2n) is 6.33. The molecular weight excluding hydrogens is 289 g/mol. The summed E-state index contributed by atoms with van der Waals surface area (Å²) in [4.78, 5) is 13.7. The highest BCUT2D eigenvalue weighted by atomic mass is 19.1. The zero-order valence-corrected chi connectivity index (χ0v) is 13.5. The summed E-state index contributed by atoms with van der Waals surface area (Å²) in [7, 11) is 0. The average Bonchev–Trinajstić information content (AvgIpc) is 2.98. The lowest BCUT2D eigenvalue weighted by atomic mass is 10.0. The van der Waals surface area contributed by atoms with Gasteiger partial charge in [0, 0.05) is 31.1 Å². The van der Waals surface area contributed by atoms with Crippen LogP contribution in [0.1, 0.15) is 37.3 Å². The summed E-state index contributed by atoms with van der Waals surface area (Å²) in [6, 6.07) is 15.5. The van der Waals surface area contributed by atoms with E-state index in [-0.39, 0.29) is 11.6 Å². The number of rotatable bonds is 5. The molecule has 0 aliphatic carbocycles. The van der Waals surface area contributed by atoms with Crippen LogP contribution in [0, 0.1) is 5.82 Å². The number of halogens is 1. The number of hydrogen-bond acceptors (Lipinski definition) is 2. The highest BCUT2D eigenvalue weighted by molar-refractivity contribution is 5.77. The Hall–Kier alpha value is -2.16. The maximum Gasteiger partial charge on any atom is 0.131 e. The van der Waals surface area contributed by atoms with Gasteiger partial charge in [-0.1, -0.05) is 30.3 Å². The minimum atomic E-state index is -0.155. The van der Waals surface area contributed by atoms with Crippen molar-refractivity contribution in [3.05, 3.63) is 65.5 Å². The Morgan fingerprint density at radius 2 is 1.91 bits per heavy atom. The second kappa shape index (κ2) is 6.95. The molecule has 0 N–H and O–H groups in total. The summed E-state index contributed by atoms with van der Waals surface area (Å²) < 4.78 is 13.7. The molecule has 1 unspecified atom stereocenters. The number of Topliss-reactive ketones (excluding diaryl/α,β-unsaturated/α-hetero) is 1. The second-order valence-corrected chi connectivity index (χ2v) is 6.33. The molecule has 1 atom stereocenters. The zero-order valence-electron chi connectivity index (χ0n) is 13.5. The number of carbonyl (C=O) groups excluding carboxylic acids is 1. The van der Waals surface area contributed by atoms with Crippen LogP contribution in [0.2, 0.25) is 0 Å². The molecule has 3 heteroatoms. The molecule has 0 spiro atoms. The van der Waals surface area contributed by atoms with Gasteiger partial charge in [0.15, 0.2) is 0 Å². The monoisotopic (exact) mass is 311 g/mol. The van der Waals surface area contributed by atoms with Gasteiger partial charge >= 0.3 is 0 Å². The number of anilines is 1. The van der Waals surface area contributed by atoms with E-state index in [1.165, 1.54) is 6.07 Å². The van der Waals surface area contributed by atoms with Crippen LogP contribution in [-0.2, 0) is 11.2 Å². The minimum Gasteiger partial charge on any atom is -0.368 e. The van der Waals surface area contributed by atoms with Gasteiger partial charge < -0.3 is 4.90 Å². The average molecular weight is 311 g/mol. The first-order chi connectivity index (χ1) is 11.1. The van der Waals surface area contributed by atoms with E-state index in [4.69, 9.17) is 0 Å². The summed E-state index contributed by atoms with van der Waals surface area (Å²) >= 11 is 0. The van der Waals surface area contributed by atoms with Crippen molar-refractivity contribution in [3.8, 4) is 0 Å². The van der Waals surface area contributed by atoms with Crippen LogP contribution in [0.3, 0.4) is 0 Å². The summed E-state index contributed by atoms with van der Waals surface area (Å²) in [5, 5.41) is 0. The van der Waals surface area contributed by atoms with Crippen LogP contribution >= 0.6 is 0 Å². The van der Waals surface area contributed by atoms with Crippen LogP contribution in [0.4, 0.5) is 10.1 Å². The standard InChI is InChI=1S/C20H22FNO/c1-15(23)13-19-6-4-12-22(19)18-10-8-16(9-11-18)14-17-5-2-3-7-20(17)21/h2-3,5,7-11,19H,4,6,12-14H2,1H3. The van der Waals surface area contributed by atoms with Crippen LogP contribution in [0.15, 0.2) is 48.5 Å². The van der Waals surface area contributed by atoms with Gasteiger partial charge in [-0.25, -0.2) is 4.39 Å². The maximum atomic E-state index is 13.7. The molecular formula is C20H22FNO. The van der Waals surface area contributed by atoms with Gasteiger partial charge in [0.25, 0.3) is 0 Å². The Balaban J connectivity index is 1.72. The van der Waals surface area contributed by atoms with Crippen molar-refractivity contribution in [2.45, 2.75) is 38.6 Å². The number of ketones is 1. The topological polar surface area (TPSA) is 20.3 Å². The SMILES string of the molecule is CC(=O)CC1CCCN1c1ccc(Cc2ccccc2F)cc1. The van der Waals surface area contributed by atoms with Crippen molar-refractivity contribution >= 4 is 11.5 Å². The lowest BCUT2D eigenvalue weighted by Crippen LogP contribution is -2.30. The van der Waals surface area contributed by atoms with Crippen molar-refractivity contribution in [1.82, 2.24) is 0 Å². The van der Waals surface area contributed by atoms with Gasteiger partial charge in [0.05, 0.1) is 0 Å². The van der Waals surface area contributed by atoms with E-state index in [1.54, 1.807) is 13.0 Å². The molecule has 2 nitrogen and oxygen atoms in total. The molecule has 2 aromatic rings. The molecule has 1 aliphatic heterocycles. The molecule has 0 radical (unpaired) electrons. The highest BCUT2D eigenvalue weighted by Gasteiger charge is 2.25. The Morgan fingerprint density at radius 1 is 1.17 bits per heavy atom. The van der Waals surface area contributed by atoms with Crippen LogP contribution in [-0.4, -0.2) is 18.4 Å². The van der Waals surface area contributed by atoms with E-state index in [1.807, 2.05) is 12.1 Å². The highest BCUT2D eigenvalue weighted by Crippen LogP contribution is 2.28. The molecule has 3 rings (SSSR count). The molecule has 0 saturated carbocycles. The molecule has 0 aromatic heterocycles. The molecule has 2 aromatic carbocycles. The number of hydrogen-bond donors (Lipinski definition) is 0. The van der Waals surface area contributed by atoms with E-state index in [9.17, 15) is 9.18 Å². The number of carbonyl (C=O) groups is 1. The molecule has 0 amide bonds. The van der Waals surface area contributed by atoms with Gasteiger partial charge in [0.2, 0.25) is 0 Å². The van der Waals surface area contributed by atoms with E-state index in [0.29, 0.717) is 18.9 Å². The fraction of sp³-hybridized carbons (Fsp3) is 0.350. The predicted molar refractivity (Wildman–Crippen MR) is 91.3 cm³/mol. The van der Waals surface area contributed by atoms with E-state index in [2.05, 4.69) is 29.2 Å². The lowest BCUT2D eigenvalue weighted by Gasteiger charge is -2.26. The summed E-state index contributed by atoms with van der Waals surface area (Å²) in [5.41, 5.74) is 2.98. The van der Waals surface area contributed by atoms with E-state index < -0.39 is 0 Å². The fourth-order valence-electron chi connectivity index (χ4n) is 3.39. The van der Waals surface area contributed by atoms with Crippen molar-refractivity contribution in [3.63, 3.8) is 0 Å². The van der Waals surface area contributed by atoms with Gasteiger partial charge in [-0.15, -0.1) is 0 Å². The van der Waals surface area contributed by atoms with E-state index in [0.717, 1.165) is 36.2 Å². The smallest absolute Gasteiger partial charge is 0.131 e. The molecule has 23 heavy (non-hydrogen) atoms. The predicted octanol–water partition coefficient (Wildman–Crippen LogP) is 4.36. The zero-order chi connectivity index (χ0) is 16.2. The first-order valence-electron chi connectivity index (χ1n) is 8.22. The Kier molecular flexibility index (Phi) is 4.75. The minimum absolute atomic E-state index is 0.155. The van der Waals surface area contributed by atoms with Crippen LogP contribution in [0.5, 0.6) is 0 Å². The van der Waals surface area contributed by atoms with Crippen molar-refractivity contribution < 1.29 is 9.18 Å². The molecule has 1 saturated heterocycles.